The minimum atomic E-state index is 0.158. The molecule has 2 N–H and O–H groups in total. The van der Waals surface area contributed by atoms with Crippen LogP contribution in [0.25, 0.3) is 11.2 Å². The third-order valence-corrected chi connectivity index (χ3v) is 2.10. The lowest BCUT2D eigenvalue weighted by atomic mass is 10.4. The van der Waals surface area contributed by atoms with Crippen molar-refractivity contribution in [3.8, 4) is 5.88 Å². The predicted molar refractivity (Wildman–Crippen MR) is 62.8 cm³/mol. The molecule has 0 aliphatic rings. The molecule has 0 aliphatic carbocycles. The van der Waals surface area contributed by atoms with Crippen molar-refractivity contribution in [2.24, 2.45) is 0 Å². The van der Waals surface area contributed by atoms with Gasteiger partial charge >= 0.3 is 0 Å². The minimum Gasteiger partial charge on any atom is -0.480 e. The van der Waals surface area contributed by atoms with Crippen molar-refractivity contribution >= 4 is 17.0 Å². The standard InChI is InChI=1S/C10H13N5O3/c1-16-5-18-4-6-13-9(11)8-10(14-6)15-7(17-2)3-12-8/h3H,4-5H2,1-2H3,(H2,11,13,14,15). The quantitative estimate of drug-likeness (QED) is 0.590. The average Bonchev–Trinajstić information content (AvgIpc) is 2.38. The molecule has 0 unspecified atom stereocenters. The number of nitrogen functional groups attached to an aromatic ring is 1. The second-order valence-electron chi connectivity index (χ2n) is 3.36. The maximum atomic E-state index is 5.77. The molecule has 2 aromatic rings. The number of rotatable bonds is 5. The monoisotopic (exact) mass is 251 g/mol. The first-order valence-electron chi connectivity index (χ1n) is 5.14. The van der Waals surface area contributed by atoms with Crippen LogP contribution in [0.4, 0.5) is 5.82 Å². The minimum absolute atomic E-state index is 0.158. The molecule has 0 aromatic carbocycles. The molecule has 2 heterocycles. The fraction of sp³-hybridized carbons (Fsp3) is 0.400. The first-order valence-corrected chi connectivity index (χ1v) is 5.14. The molecule has 0 fully saturated rings. The van der Waals surface area contributed by atoms with Gasteiger partial charge in [0, 0.05) is 7.11 Å². The van der Waals surface area contributed by atoms with E-state index in [0.29, 0.717) is 22.9 Å². The second-order valence-corrected chi connectivity index (χ2v) is 3.36. The van der Waals surface area contributed by atoms with Gasteiger partial charge in [0.25, 0.3) is 0 Å². The smallest absolute Gasteiger partial charge is 0.234 e. The van der Waals surface area contributed by atoms with Gasteiger partial charge in [-0.1, -0.05) is 0 Å². The summed E-state index contributed by atoms with van der Waals surface area (Å²) in [6.07, 6.45) is 1.46. The van der Waals surface area contributed by atoms with Gasteiger partial charge in [0.2, 0.25) is 5.88 Å². The maximum absolute atomic E-state index is 5.77. The first-order chi connectivity index (χ1) is 8.74. The van der Waals surface area contributed by atoms with Crippen LogP contribution < -0.4 is 10.5 Å². The molecular formula is C10H13N5O3. The highest BCUT2D eigenvalue weighted by Gasteiger charge is 2.09. The second kappa shape index (κ2) is 5.52. The Labute approximate surface area is 103 Å². The van der Waals surface area contributed by atoms with Gasteiger partial charge in [-0.05, 0) is 0 Å². The molecule has 2 aromatic heterocycles. The van der Waals surface area contributed by atoms with Gasteiger partial charge in [0.15, 0.2) is 22.8 Å². The number of anilines is 1. The molecule has 0 atom stereocenters. The van der Waals surface area contributed by atoms with Crippen molar-refractivity contribution in [2.75, 3.05) is 26.7 Å². The van der Waals surface area contributed by atoms with E-state index in [1.807, 2.05) is 0 Å². The van der Waals surface area contributed by atoms with Crippen molar-refractivity contribution < 1.29 is 14.2 Å². The Morgan fingerprint density at radius 2 is 2.06 bits per heavy atom. The van der Waals surface area contributed by atoms with Gasteiger partial charge < -0.3 is 19.9 Å². The summed E-state index contributed by atoms with van der Waals surface area (Å²) in [5, 5.41) is 0. The largest absolute Gasteiger partial charge is 0.480 e. The Morgan fingerprint density at radius 1 is 1.22 bits per heavy atom. The molecule has 0 saturated heterocycles. The summed E-state index contributed by atoms with van der Waals surface area (Å²) in [6, 6.07) is 0. The van der Waals surface area contributed by atoms with Crippen LogP contribution >= 0.6 is 0 Å². The predicted octanol–water partition coefficient (Wildman–Crippen LogP) is 0.131. The zero-order valence-corrected chi connectivity index (χ0v) is 10.1. The van der Waals surface area contributed by atoms with E-state index in [1.165, 1.54) is 20.4 Å². The molecule has 0 bridgehead atoms. The molecule has 0 aliphatic heterocycles. The highest BCUT2D eigenvalue weighted by Crippen LogP contribution is 2.16. The summed E-state index contributed by atoms with van der Waals surface area (Å²) in [4.78, 5) is 16.5. The summed E-state index contributed by atoms with van der Waals surface area (Å²) in [5.41, 5.74) is 6.58. The lowest BCUT2D eigenvalue weighted by Crippen LogP contribution is -2.06. The van der Waals surface area contributed by atoms with E-state index < -0.39 is 0 Å². The van der Waals surface area contributed by atoms with Crippen molar-refractivity contribution in [1.82, 2.24) is 19.9 Å². The van der Waals surface area contributed by atoms with Gasteiger partial charge in [-0.2, -0.15) is 4.98 Å². The number of aromatic nitrogens is 4. The lowest BCUT2D eigenvalue weighted by molar-refractivity contribution is -0.0411. The Bertz CT molecular complexity index is 548. The molecule has 18 heavy (non-hydrogen) atoms. The van der Waals surface area contributed by atoms with Gasteiger partial charge in [-0.3, -0.25) is 0 Å². The van der Waals surface area contributed by atoms with Crippen LogP contribution in [0, 0.1) is 0 Å². The molecule has 0 spiro atoms. The summed E-state index contributed by atoms with van der Waals surface area (Å²) in [5.74, 6) is 1.04. The van der Waals surface area contributed by atoms with Crippen LogP contribution in [-0.4, -0.2) is 40.9 Å². The maximum Gasteiger partial charge on any atom is 0.234 e. The van der Waals surface area contributed by atoms with Crippen molar-refractivity contribution in [3.63, 3.8) is 0 Å². The molecule has 96 valence electrons. The number of methoxy groups -OCH3 is 2. The van der Waals surface area contributed by atoms with E-state index in [-0.39, 0.29) is 19.2 Å². The Morgan fingerprint density at radius 3 is 2.78 bits per heavy atom. The number of hydrogen-bond acceptors (Lipinski definition) is 8. The van der Waals surface area contributed by atoms with E-state index in [0.717, 1.165) is 0 Å². The first kappa shape index (κ1) is 12.4. The van der Waals surface area contributed by atoms with Crippen molar-refractivity contribution in [1.29, 1.82) is 0 Å². The van der Waals surface area contributed by atoms with E-state index >= 15 is 0 Å². The van der Waals surface area contributed by atoms with E-state index in [4.69, 9.17) is 19.9 Å². The van der Waals surface area contributed by atoms with Crippen molar-refractivity contribution in [3.05, 3.63) is 12.0 Å². The topological polar surface area (TPSA) is 105 Å². The molecule has 8 nitrogen and oxygen atoms in total. The summed E-state index contributed by atoms with van der Waals surface area (Å²) in [6.45, 7) is 0.345. The van der Waals surface area contributed by atoms with Crippen LogP contribution in [0.1, 0.15) is 5.82 Å². The number of nitrogens with zero attached hydrogens (tertiary/aromatic N) is 4. The van der Waals surface area contributed by atoms with Crippen LogP contribution in [0.15, 0.2) is 6.20 Å². The molecule has 0 radical (unpaired) electrons. The number of hydrogen-bond donors (Lipinski definition) is 1. The zero-order chi connectivity index (χ0) is 13.0. The normalized spacial score (nSPS) is 10.8. The van der Waals surface area contributed by atoms with Crippen LogP contribution in [-0.2, 0) is 16.1 Å². The Balaban J connectivity index is 2.33. The van der Waals surface area contributed by atoms with Gasteiger partial charge in [0.1, 0.15) is 13.4 Å². The van der Waals surface area contributed by atoms with Gasteiger partial charge in [0.05, 0.1) is 13.3 Å². The molecule has 0 amide bonds. The summed E-state index contributed by atoms with van der Waals surface area (Å²) < 4.78 is 14.9. The third kappa shape index (κ3) is 2.60. The van der Waals surface area contributed by atoms with Gasteiger partial charge in [-0.15, -0.1) is 0 Å². The Hall–Kier alpha value is -2.06. The van der Waals surface area contributed by atoms with Crippen molar-refractivity contribution in [2.45, 2.75) is 6.61 Å². The summed E-state index contributed by atoms with van der Waals surface area (Å²) in [7, 11) is 3.04. The van der Waals surface area contributed by atoms with Crippen LogP contribution in [0.2, 0.25) is 0 Å². The molecular weight excluding hydrogens is 238 g/mol. The Kier molecular flexibility index (Phi) is 3.80. The van der Waals surface area contributed by atoms with E-state index in [1.54, 1.807) is 0 Å². The highest BCUT2D eigenvalue weighted by molar-refractivity contribution is 5.80. The summed E-state index contributed by atoms with van der Waals surface area (Å²) >= 11 is 0. The van der Waals surface area contributed by atoms with E-state index in [2.05, 4.69) is 19.9 Å². The molecule has 8 heteroatoms. The SMILES string of the molecule is COCOCc1nc(N)c2ncc(OC)nc2n1. The van der Waals surface area contributed by atoms with Crippen LogP contribution in [0.3, 0.4) is 0 Å². The fourth-order valence-electron chi connectivity index (χ4n) is 1.34. The van der Waals surface area contributed by atoms with Crippen LogP contribution in [0.5, 0.6) is 5.88 Å². The molecule has 2 rings (SSSR count). The average molecular weight is 251 g/mol. The number of nitrogens with two attached hydrogens (primary N) is 1. The number of fused-ring (bicyclic) bond motifs is 1. The highest BCUT2D eigenvalue weighted by atomic mass is 16.7. The van der Waals surface area contributed by atoms with Gasteiger partial charge in [-0.25, -0.2) is 15.0 Å². The number of ether oxygens (including phenoxy) is 3. The fourth-order valence-corrected chi connectivity index (χ4v) is 1.34. The third-order valence-electron chi connectivity index (χ3n) is 2.10. The zero-order valence-electron chi connectivity index (χ0n) is 10.1. The lowest BCUT2D eigenvalue weighted by Gasteiger charge is -2.05. The molecule has 0 saturated carbocycles. The van der Waals surface area contributed by atoms with E-state index in [9.17, 15) is 0 Å².